The Hall–Kier alpha value is -0.380. The third kappa shape index (κ3) is 7.67. The molecule has 2 aliphatic heterocycles. The van der Waals surface area contributed by atoms with Crippen molar-refractivity contribution in [2.75, 3.05) is 44.4 Å². The molecule has 212 valence electrons. The van der Waals surface area contributed by atoms with Gasteiger partial charge >= 0.3 is 0 Å². The predicted octanol–water partition coefficient (Wildman–Crippen LogP) is 2.61. The number of nitrogens with one attached hydrogen (secondary N) is 2. The van der Waals surface area contributed by atoms with Crippen molar-refractivity contribution in [2.45, 2.75) is 58.4 Å². The van der Waals surface area contributed by atoms with Gasteiger partial charge in [-0.05, 0) is 95.5 Å². The van der Waals surface area contributed by atoms with Crippen LogP contribution in [0.4, 0.5) is 5.69 Å². The highest BCUT2D eigenvalue weighted by Crippen LogP contribution is 2.38. The van der Waals surface area contributed by atoms with Gasteiger partial charge in [-0.3, -0.25) is 14.4 Å². The zero-order chi connectivity index (χ0) is 28.4. The van der Waals surface area contributed by atoms with E-state index in [9.17, 15) is 19.5 Å². The van der Waals surface area contributed by atoms with Crippen molar-refractivity contribution >= 4 is 91.2 Å². The van der Waals surface area contributed by atoms with Crippen LogP contribution in [0.15, 0.2) is 0 Å². The highest BCUT2D eigenvalue weighted by atomic mass is 127. The summed E-state index contributed by atoms with van der Waals surface area (Å²) in [6, 6.07) is 0. The first kappa shape index (κ1) is 32.1. The highest BCUT2D eigenvalue weighted by molar-refractivity contribution is 14.1. The summed E-state index contributed by atoms with van der Waals surface area (Å²) < 4.78 is 24.1. The Morgan fingerprint density at radius 3 is 1.61 bits per heavy atom. The van der Waals surface area contributed by atoms with Gasteiger partial charge in [-0.25, -0.2) is 0 Å². The molecule has 0 spiro atoms. The van der Waals surface area contributed by atoms with Crippen LogP contribution >= 0.6 is 67.8 Å². The van der Waals surface area contributed by atoms with Crippen molar-refractivity contribution in [3.05, 3.63) is 21.8 Å². The Balaban J connectivity index is 1.96. The van der Waals surface area contributed by atoms with E-state index in [1.165, 1.54) is 11.8 Å². The maximum atomic E-state index is 13.5. The van der Waals surface area contributed by atoms with Crippen molar-refractivity contribution in [3.8, 4) is 0 Å². The fourth-order valence-electron chi connectivity index (χ4n) is 4.13. The van der Waals surface area contributed by atoms with E-state index < -0.39 is 23.4 Å². The summed E-state index contributed by atoms with van der Waals surface area (Å²) >= 11 is 6.02. The molecule has 2 unspecified atom stereocenters. The van der Waals surface area contributed by atoms with Crippen LogP contribution < -0.4 is 15.5 Å². The molecule has 0 aromatic heterocycles. The van der Waals surface area contributed by atoms with E-state index in [0.29, 0.717) is 29.6 Å². The van der Waals surface area contributed by atoms with Crippen LogP contribution in [0.1, 0.15) is 55.3 Å². The van der Waals surface area contributed by atoms with Crippen molar-refractivity contribution < 1.29 is 38.4 Å². The molecule has 2 heterocycles. The van der Waals surface area contributed by atoms with E-state index in [2.05, 4.69) is 10.6 Å². The monoisotopic (exact) mass is 871 g/mol. The number of hydrogen-bond donors (Lipinski definition) is 3. The summed E-state index contributed by atoms with van der Waals surface area (Å²) in [5.41, 5.74) is 0.915. The maximum absolute atomic E-state index is 13.5. The summed E-state index contributed by atoms with van der Waals surface area (Å²) in [6.07, 6.45) is -0.646. The number of anilines is 1. The number of ether oxygens (including phenoxy) is 4. The normalized spacial score (nSPS) is 21.8. The zero-order valence-electron chi connectivity index (χ0n) is 21.8. The fourth-order valence-corrected chi connectivity index (χ4v) is 8.86. The van der Waals surface area contributed by atoms with Gasteiger partial charge in [0.05, 0.1) is 43.8 Å². The maximum Gasteiger partial charge on any atom is 0.253 e. The third-order valence-electron chi connectivity index (χ3n) is 5.84. The molecule has 3 amide bonds. The molecule has 0 saturated carbocycles. The number of carbonyl (C=O) groups is 3. The molecule has 0 radical (unpaired) electrons. The van der Waals surface area contributed by atoms with Crippen molar-refractivity contribution in [1.29, 1.82) is 0 Å². The summed E-state index contributed by atoms with van der Waals surface area (Å²) in [5.74, 6) is -2.61. The average molecular weight is 871 g/mol. The Morgan fingerprint density at radius 1 is 0.868 bits per heavy atom. The van der Waals surface area contributed by atoms with Crippen LogP contribution in [-0.4, -0.2) is 86.1 Å². The van der Waals surface area contributed by atoms with Crippen LogP contribution in [0.5, 0.6) is 0 Å². The molecule has 3 rings (SSSR count). The highest BCUT2D eigenvalue weighted by Gasteiger charge is 2.36. The second-order valence-electron chi connectivity index (χ2n) is 9.76. The minimum absolute atomic E-state index is 0.00865. The van der Waals surface area contributed by atoms with Crippen LogP contribution in [0.2, 0.25) is 0 Å². The Kier molecular flexibility index (Phi) is 11.1. The average Bonchev–Trinajstić information content (AvgIpc) is 3.35. The fraction of sp³-hybridized carbons (Fsp3) is 0.625. The van der Waals surface area contributed by atoms with Gasteiger partial charge in [-0.2, -0.15) is 0 Å². The molecule has 2 aliphatic rings. The van der Waals surface area contributed by atoms with Gasteiger partial charge in [0.25, 0.3) is 11.8 Å². The second kappa shape index (κ2) is 13.1. The number of amides is 3. The van der Waals surface area contributed by atoms with Gasteiger partial charge in [-0.1, -0.05) is 0 Å². The van der Waals surface area contributed by atoms with Gasteiger partial charge in [0.15, 0.2) is 11.6 Å². The van der Waals surface area contributed by atoms with Crippen molar-refractivity contribution in [2.24, 2.45) is 0 Å². The lowest BCUT2D eigenvalue weighted by Gasteiger charge is -2.27. The Bertz CT molecular complexity index is 1030. The number of hydrogen-bond acceptors (Lipinski definition) is 8. The minimum atomic E-state index is -0.727. The molecule has 2 fully saturated rings. The summed E-state index contributed by atoms with van der Waals surface area (Å²) in [7, 11) is 0. The molecule has 3 N–H and O–H groups in total. The summed E-state index contributed by atoms with van der Waals surface area (Å²) in [4.78, 5) is 40.9. The molecule has 38 heavy (non-hydrogen) atoms. The molecule has 0 aliphatic carbocycles. The van der Waals surface area contributed by atoms with Crippen LogP contribution in [-0.2, 0) is 23.7 Å². The van der Waals surface area contributed by atoms with E-state index >= 15 is 0 Å². The Labute approximate surface area is 262 Å². The number of halogens is 3. The van der Waals surface area contributed by atoms with Gasteiger partial charge in [0, 0.05) is 30.1 Å². The lowest BCUT2D eigenvalue weighted by Crippen LogP contribution is -2.39. The van der Waals surface area contributed by atoms with Crippen molar-refractivity contribution in [3.63, 3.8) is 0 Å². The molecule has 11 nitrogen and oxygen atoms in total. The largest absolute Gasteiger partial charge is 0.395 e. The van der Waals surface area contributed by atoms with E-state index in [4.69, 9.17) is 18.9 Å². The molecule has 2 atom stereocenters. The van der Waals surface area contributed by atoms with Gasteiger partial charge in [0.1, 0.15) is 12.2 Å². The summed E-state index contributed by atoms with van der Waals surface area (Å²) in [6.45, 7) is 9.40. The van der Waals surface area contributed by atoms with Crippen LogP contribution in [0.3, 0.4) is 0 Å². The topological polar surface area (TPSA) is 136 Å². The number of benzene rings is 1. The van der Waals surface area contributed by atoms with E-state index in [1.807, 2.05) is 67.8 Å². The molecule has 2 saturated heterocycles. The first-order valence-electron chi connectivity index (χ1n) is 12.0. The quantitative estimate of drug-likeness (QED) is 0.323. The van der Waals surface area contributed by atoms with Gasteiger partial charge in [0.2, 0.25) is 5.91 Å². The van der Waals surface area contributed by atoms with Crippen molar-refractivity contribution in [1.82, 2.24) is 10.6 Å². The number of nitrogens with zero attached hydrogens (tertiary/aromatic N) is 1. The standard InChI is InChI=1S/C24H32I3N3O8/c1-12(32)30(6-7-31)20-18(26)15(21(33)28-8-13-10-35-23(2,3)37-13)17(25)16(19(20)27)22(34)29-9-14-11-36-24(4,5)38-14/h13-14,31H,6-11H2,1-5H3,(H,28,33)(H,29,34). The first-order chi connectivity index (χ1) is 17.7. The number of carbonyl (C=O) groups excluding carboxylic acids is 3. The van der Waals surface area contributed by atoms with Crippen LogP contribution in [0.25, 0.3) is 0 Å². The first-order valence-corrected chi connectivity index (χ1v) is 15.2. The molecular weight excluding hydrogens is 839 g/mol. The molecular formula is C24H32I3N3O8. The number of aliphatic hydroxyl groups is 1. The minimum Gasteiger partial charge on any atom is -0.395 e. The lowest BCUT2D eigenvalue weighted by atomic mass is 10.1. The number of aliphatic hydroxyl groups excluding tert-OH is 1. The lowest BCUT2D eigenvalue weighted by molar-refractivity contribution is -0.138. The molecule has 14 heteroatoms. The molecule has 1 aromatic rings. The molecule has 0 bridgehead atoms. The summed E-state index contributed by atoms with van der Waals surface area (Å²) in [5, 5.41) is 15.4. The van der Waals surface area contributed by atoms with E-state index in [-0.39, 0.29) is 55.5 Å². The predicted molar refractivity (Wildman–Crippen MR) is 164 cm³/mol. The molecule has 1 aromatic carbocycles. The number of rotatable bonds is 9. The van der Waals surface area contributed by atoms with Crippen LogP contribution in [0, 0.1) is 10.7 Å². The SMILES string of the molecule is CC(=O)N(CCO)c1c(I)c(C(=O)NCC2COC(C)(C)O2)c(I)c(C(=O)NCC2COC(C)(C)O2)c1I. The smallest absolute Gasteiger partial charge is 0.253 e. The second-order valence-corrected chi connectivity index (χ2v) is 13.0. The Morgan fingerprint density at radius 2 is 1.29 bits per heavy atom. The van der Waals surface area contributed by atoms with E-state index in [1.54, 1.807) is 27.7 Å². The van der Waals surface area contributed by atoms with Gasteiger partial charge < -0.3 is 39.6 Å². The van der Waals surface area contributed by atoms with Gasteiger partial charge in [-0.15, -0.1) is 0 Å². The zero-order valence-corrected chi connectivity index (χ0v) is 28.3. The third-order valence-corrected chi connectivity index (χ3v) is 9.02. The van der Waals surface area contributed by atoms with E-state index in [0.717, 1.165) is 0 Å².